The normalized spacial score (nSPS) is 9.57. The van der Waals surface area contributed by atoms with E-state index in [0.717, 1.165) is 0 Å². The third kappa shape index (κ3) is 2.40. The van der Waals surface area contributed by atoms with Gasteiger partial charge in [-0.05, 0) is 19.1 Å². The Morgan fingerprint density at radius 3 is 2.43 bits per heavy atom. The van der Waals surface area contributed by atoms with Gasteiger partial charge in [-0.1, -0.05) is 12.1 Å². The van der Waals surface area contributed by atoms with Gasteiger partial charge in [0.2, 0.25) is 0 Å². The molecule has 0 heterocycles. The van der Waals surface area contributed by atoms with Gasteiger partial charge in [0.25, 0.3) is 5.91 Å². The number of hydrogen-bond acceptors (Lipinski definition) is 3. The predicted octanol–water partition coefficient (Wildman–Crippen LogP) is 0.753. The van der Waals surface area contributed by atoms with E-state index in [4.69, 9.17) is 0 Å². The molecule has 0 saturated carbocycles. The van der Waals surface area contributed by atoms with Crippen LogP contribution in [0.2, 0.25) is 0 Å². The Bertz CT molecular complexity index is 361. The van der Waals surface area contributed by atoms with E-state index >= 15 is 0 Å². The molecule has 0 spiro atoms. The molecule has 1 aromatic rings. The average molecular weight is 192 g/mol. The minimum Gasteiger partial charge on any atom is -0.295 e. The van der Waals surface area contributed by atoms with Crippen LogP contribution in [0.3, 0.4) is 0 Å². The summed E-state index contributed by atoms with van der Waals surface area (Å²) >= 11 is 0. The highest BCUT2D eigenvalue weighted by atomic mass is 16.2. The summed E-state index contributed by atoms with van der Waals surface area (Å²) in [5.74, 6) is -0.306. The lowest BCUT2D eigenvalue weighted by Crippen LogP contribution is -2.34. The molecule has 4 heteroatoms. The Hall–Kier alpha value is -1.68. The van der Waals surface area contributed by atoms with Crippen LogP contribution < -0.4 is 10.9 Å². The second-order valence-corrected chi connectivity index (χ2v) is 2.84. The summed E-state index contributed by atoms with van der Waals surface area (Å²) in [5, 5.41) is 0. The lowest BCUT2D eigenvalue weighted by Gasteiger charge is -2.03. The number of hydrogen-bond donors (Lipinski definition) is 2. The van der Waals surface area contributed by atoms with Crippen LogP contribution in [-0.2, 0) is 0 Å². The Kier molecular flexibility index (Phi) is 3.36. The van der Waals surface area contributed by atoms with Crippen LogP contribution >= 0.6 is 0 Å². The summed E-state index contributed by atoms with van der Waals surface area (Å²) in [7, 11) is 1.60. The number of hydrazine groups is 1. The monoisotopic (exact) mass is 192 g/mol. The van der Waals surface area contributed by atoms with Crippen molar-refractivity contribution >= 4 is 11.7 Å². The molecule has 0 bridgehead atoms. The summed E-state index contributed by atoms with van der Waals surface area (Å²) in [6.07, 6.45) is 0. The molecule has 74 valence electrons. The molecule has 14 heavy (non-hydrogen) atoms. The number of ketones is 1. The quantitative estimate of drug-likeness (QED) is 0.549. The standard InChI is InChI=1S/C10H12N2O2/c1-7(13)8-4-3-5-9(6-8)10(14)12-11-2/h3-6,11H,1-2H3,(H,12,14). The number of carbonyl (C=O) groups is 2. The zero-order valence-corrected chi connectivity index (χ0v) is 8.13. The first kappa shape index (κ1) is 10.4. The predicted molar refractivity (Wildman–Crippen MR) is 53.0 cm³/mol. The first-order valence-electron chi connectivity index (χ1n) is 4.23. The highest BCUT2D eigenvalue weighted by Crippen LogP contribution is 2.05. The summed E-state index contributed by atoms with van der Waals surface area (Å²) in [5.41, 5.74) is 5.96. The average Bonchev–Trinajstić information content (AvgIpc) is 2.18. The van der Waals surface area contributed by atoms with Gasteiger partial charge in [0.15, 0.2) is 5.78 Å². The van der Waals surface area contributed by atoms with E-state index in [-0.39, 0.29) is 11.7 Å². The molecule has 1 amide bonds. The van der Waals surface area contributed by atoms with Crippen molar-refractivity contribution in [2.24, 2.45) is 0 Å². The number of nitrogens with one attached hydrogen (secondary N) is 2. The molecule has 0 unspecified atom stereocenters. The minimum atomic E-state index is -0.254. The van der Waals surface area contributed by atoms with Crippen LogP contribution in [0, 0.1) is 0 Å². The fourth-order valence-corrected chi connectivity index (χ4v) is 1.07. The van der Waals surface area contributed by atoms with E-state index in [1.807, 2.05) is 0 Å². The maximum absolute atomic E-state index is 11.3. The van der Waals surface area contributed by atoms with Crippen molar-refractivity contribution in [2.75, 3.05) is 7.05 Å². The van der Waals surface area contributed by atoms with Crippen LogP contribution in [0.1, 0.15) is 27.6 Å². The van der Waals surface area contributed by atoms with E-state index in [2.05, 4.69) is 10.9 Å². The molecule has 0 atom stereocenters. The van der Waals surface area contributed by atoms with Crippen molar-refractivity contribution < 1.29 is 9.59 Å². The maximum Gasteiger partial charge on any atom is 0.265 e. The molecule has 2 N–H and O–H groups in total. The van der Waals surface area contributed by atoms with E-state index in [1.54, 1.807) is 31.3 Å². The molecule has 0 saturated heterocycles. The fraction of sp³-hybridized carbons (Fsp3) is 0.200. The van der Waals surface area contributed by atoms with Crippen molar-refractivity contribution in [1.82, 2.24) is 10.9 Å². The van der Waals surface area contributed by atoms with E-state index < -0.39 is 0 Å². The molecule has 0 aliphatic rings. The number of benzene rings is 1. The first-order valence-corrected chi connectivity index (χ1v) is 4.23. The number of rotatable bonds is 3. The van der Waals surface area contributed by atoms with Gasteiger partial charge in [-0.2, -0.15) is 0 Å². The Morgan fingerprint density at radius 1 is 1.21 bits per heavy atom. The molecule has 0 aliphatic heterocycles. The van der Waals surface area contributed by atoms with Gasteiger partial charge in [-0.15, -0.1) is 0 Å². The van der Waals surface area contributed by atoms with Crippen molar-refractivity contribution in [3.63, 3.8) is 0 Å². The van der Waals surface area contributed by atoms with Gasteiger partial charge in [-0.3, -0.25) is 15.0 Å². The summed E-state index contributed by atoms with van der Waals surface area (Å²) in [6.45, 7) is 1.47. The Balaban J connectivity index is 2.93. The second-order valence-electron chi connectivity index (χ2n) is 2.84. The topological polar surface area (TPSA) is 58.2 Å². The van der Waals surface area contributed by atoms with E-state index in [1.165, 1.54) is 6.92 Å². The van der Waals surface area contributed by atoms with Gasteiger partial charge in [0, 0.05) is 18.2 Å². The molecule has 1 aromatic carbocycles. The van der Waals surface area contributed by atoms with Crippen LogP contribution in [0.25, 0.3) is 0 Å². The summed E-state index contributed by atoms with van der Waals surface area (Å²) in [4.78, 5) is 22.4. The minimum absolute atomic E-state index is 0.0518. The van der Waals surface area contributed by atoms with Crippen molar-refractivity contribution in [3.05, 3.63) is 35.4 Å². The Morgan fingerprint density at radius 2 is 1.86 bits per heavy atom. The number of carbonyl (C=O) groups excluding carboxylic acids is 2. The van der Waals surface area contributed by atoms with Crippen molar-refractivity contribution in [3.8, 4) is 0 Å². The summed E-state index contributed by atoms with van der Waals surface area (Å²) < 4.78 is 0. The lowest BCUT2D eigenvalue weighted by atomic mass is 10.1. The zero-order valence-electron chi connectivity index (χ0n) is 8.13. The molecule has 0 aromatic heterocycles. The lowest BCUT2D eigenvalue weighted by molar-refractivity contribution is 0.0938. The highest BCUT2D eigenvalue weighted by molar-refractivity contribution is 5.99. The van der Waals surface area contributed by atoms with E-state index in [0.29, 0.717) is 11.1 Å². The van der Waals surface area contributed by atoms with Crippen LogP contribution in [0.15, 0.2) is 24.3 Å². The SMILES string of the molecule is CNNC(=O)c1cccc(C(C)=O)c1. The van der Waals surface area contributed by atoms with Crippen LogP contribution in [0.4, 0.5) is 0 Å². The number of amides is 1. The van der Waals surface area contributed by atoms with E-state index in [9.17, 15) is 9.59 Å². The van der Waals surface area contributed by atoms with Gasteiger partial charge in [0.1, 0.15) is 0 Å². The van der Waals surface area contributed by atoms with Crippen molar-refractivity contribution in [2.45, 2.75) is 6.92 Å². The molecule has 0 fully saturated rings. The van der Waals surface area contributed by atoms with Gasteiger partial charge in [-0.25, -0.2) is 5.43 Å². The Labute approximate surface area is 82.3 Å². The number of Topliss-reactive ketones (excluding diaryl/α,β-unsaturated/α-hetero) is 1. The highest BCUT2D eigenvalue weighted by Gasteiger charge is 2.06. The third-order valence-corrected chi connectivity index (χ3v) is 1.77. The maximum atomic E-state index is 11.3. The van der Waals surface area contributed by atoms with Gasteiger partial charge >= 0.3 is 0 Å². The van der Waals surface area contributed by atoms with Crippen molar-refractivity contribution in [1.29, 1.82) is 0 Å². The summed E-state index contributed by atoms with van der Waals surface area (Å²) in [6, 6.07) is 6.58. The molecule has 0 aliphatic carbocycles. The molecule has 0 radical (unpaired) electrons. The molecule has 1 rings (SSSR count). The smallest absolute Gasteiger partial charge is 0.265 e. The van der Waals surface area contributed by atoms with Crippen LogP contribution in [-0.4, -0.2) is 18.7 Å². The molecular weight excluding hydrogens is 180 g/mol. The second kappa shape index (κ2) is 4.53. The largest absolute Gasteiger partial charge is 0.295 e. The van der Waals surface area contributed by atoms with Gasteiger partial charge < -0.3 is 0 Å². The molecular formula is C10H12N2O2. The zero-order chi connectivity index (χ0) is 10.6. The fourth-order valence-electron chi connectivity index (χ4n) is 1.07. The molecule has 4 nitrogen and oxygen atoms in total. The van der Waals surface area contributed by atoms with Gasteiger partial charge in [0.05, 0.1) is 0 Å². The third-order valence-electron chi connectivity index (χ3n) is 1.77. The van der Waals surface area contributed by atoms with Crippen LogP contribution in [0.5, 0.6) is 0 Å². The first-order chi connectivity index (χ1) is 6.65.